The zero-order chi connectivity index (χ0) is 15.8. The molecule has 0 aromatic heterocycles. The van der Waals surface area contributed by atoms with Crippen molar-refractivity contribution in [1.29, 1.82) is 0 Å². The molecule has 1 N–H and O–H groups in total. The zero-order valence-electron chi connectivity index (χ0n) is 14.0. The van der Waals surface area contributed by atoms with E-state index >= 15 is 0 Å². The number of hydrogen-bond donors (Lipinski definition) is 1. The smallest absolute Gasteiger partial charge is 0.0895 e. The fourth-order valence-electron chi connectivity index (χ4n) is 4.19. The molecule has 3 atom stereocenters. The monoisotopic (exact) mass is 307 g/mol. The number of hydrogen-bond acceptors (Lipinski definition) is 2. The van der Waals surface area contributed by atoms with Crippen molar-refractivity contribution in [2.45, 2.75) is 44.8 Å². The highest BCUT2D eigenvalue weighted by Crippen LogP contribution is 2.50. The molecule has 0 saturated carbocycles. The quantitative estimate of drug-likeness (QED) is 0.797. The number of para-hydroxylation sites is 1. The van der Waals surface area contributed by atoms with E-state index < -0.39 is 0 Å². The van der Waals surface area contributed by atoms with Crippen LogP contribution in [0.1, 0.15) is 61.4 Å². The summed E-state index contributed by atoms with van der Waals surface area (Å²) in [5.41, 5.74) is 5.43. The summed E-state index contributed by atoms with van der Waals surface area (Å²) >= 11 is 0. The largest absolute Gasteiger partial charge is 0.377 e. The molecule has 0 amide bonds. The molecule has 120 valence electrons. The summed E-state index contributed by atoms with van der Waals surface area (Å²) in [6.45, 7) is 5.42. The molecule has 2 aromatic rings. The third kappa shape index (κ3) is 2.55. The Morgan fingerprint density at radius 3 is 2.65 bits per heavy atom. The standard InChI is InChI=1S/C21H25NO/c1-14(2)16-10-6-11-18-20(16)22-19(15-8-4-3-5-9-15)17-12-7-13-23-21(17)18/h3-6,8-11,14,17,19,21-22H,7,12-13H2,1-2H3/t17-,19-,21-/m0/s1. The van der Waals surface area contributed by atoms with Crippen molar-refractivity contribution in [2.75, 3.05) is 11.9 Å². The Labute approximate surface area is 138 Å². The Morgan fingerprint density at radius 1 is 1.04 bits per heavy atom. The molecule has 1 fully saturated rings. The predicted molar refractivity (Wildman–Crippen MR) is 94.8 cm³/mol. The van der Waals surface area contributed by atoms with E-state index in [1.54, 1.807) is 0 Å². The van der Waals surface area contributed by atoms with E-state index in [2.05, 4.69) is 67.7 Å². The molecule has 4 rings (SSSR count). The van der Waals surface area contributed by atoms with Crippen LogP contribution in [0.3, 0.4) is 0 Å². The SMILES string of the molecule is CC(C)c1cccc2c1N[C@@H](c1ccccc1)[C@@H]1CCCO[C@H]21. The molecular weight excluding hydrogens is 282 g/mol. The van der Waals surface area contributed by atoms with Gasteiger partial charge in [0.25, 0.3) is 0 Å². The molecule has 23 heavy (non-hydrogen) atoms. The van der Waals surface area contributed by atoms with Gasteiger partial charge in [0.1, 0.15) is 0 Å². The first kappa shape index (κ1) is 14.8. The van der Waals surface area contributed by atoms with Gasteiger partial charge in [-0.15, -0.1) is 0 Å². The highest BCUT2D eigenvalue weighted by molar-refractivity contribution is 5.63. The van der Waals surface area contributed by atoms with Gasteiger partial charge in [0.05, 0.1) is 12.1 Å². The minimum absolute atomic E-state index is 0.226. The second kappa shape index (κ2) is 6.01. The minimum Gasteiger partial charge on any atom is -0.377 e. The average molecular weight is 307 g/mol. The van der Waals surface area contributed by atoms with Crippen molar-refractivity contribution in [2.24, 2.45) is 5.92 Å². The maximum atomic E-state index is 6.25. The summed E-state index contributed by atoms with van der Waals surface area (Å²) in [5, 5.41) is 3.88. The van der Waals surface area contributed by atoms with Crippen LogP contribution in [0.15, 0.2) is 48.5 Å². The summed E-state index contributed by atoms with van der Waals surface area (Å²) in [4.78, 5) is 0. The number of anilines is 1. The molecule has 0 bridgehead atoms. The van der Waals surface area contributed by atoms with Gasteiger partial charge < -0.3 is 10.1 Å². The first-order valence-corrected chi connectivity index (χ1v) is 8.81. The molecular formula is C21H25NO. The van der Waals surface area contributed by atoms with Crippen molar-refractivity contribution >= 4 is 5.69 Å². The number of rotatable bonds is 2. The molecule has 0 aliphatic carbocycles. The van der Waals surface area contributed by atoms with Gasteiger partial charge in [0.15, 0.2) is 0 Å². The Balaban J connectivity index is 1.82. The van der Waals surface area contributed by atoms with E-state index in [4.69, 9.17) is 4.74 Å². The minimum atomic E-state index is 0.226. The second-order valence-electron chi connectivity index (χ2n) is 7.10. The number of benzene rings is 2. The summed E-state index contributed by atoms with van der Waals surface area (Å²) in [6, 6.07) is 17.9. The molecule has 2 heteroatoms. The Morgan fingerprint density at radius 2 is 1.87 bits per heavy atom. The maximum absolute atomic E-state index is 6.25. The van der Waals surface area contributed by atoms with Gasteiger partial charge in [-0.05, 0) is 29.9 Å². The molecule has 0 unspecified atom stereocenters. The predicted octanol–water partition coefficient (Wildman–Crippen LogP) is 5.44. The fraction of sp³-hybridized carbons (Fsp3) is 0.429. The topological polar surface area (TPSA) is 21.3 Å². The third-order valence-electron chi connectivity index (χ3n) is 5.31. The van der Waals surface area contributed by atoms with Crippen LogP contribution in [0.4, 0.5) is 5.69 Å². The summed E-state index contributed by atoms with van der Waals surface area (Å²) < 4.78 is 6.25. The molecule has 0 spiro atoms. The van der Waals surface area contributed by atoms with Crippen molar-refractivity contribution < 1.29 is 4.74 Å². The van der Waals surface area contributed by atoms with Crippen molar-refractivity contribution in [3.8, 4) is 0 Å². The van der Waals surface area contributed by atoms with Crippen LogP contribution < -0.4 is 5.32 Å². The van der Waals surface area contributed by atoms with Crippen LogP contribution in [0.2, 0.25) is 0 Å². The van der Waals surface area contributed by atoms with Gasteiger partial charge in [-0.3, -0.25) is 0 Å². The van der Waals surface area contributed by atoms with E-state index in [-0.39, 0.29) is 6.10 Å². The molecule has 2 aromatic carbocycles. The van der Waals surface area contributed by atoms with E-state index in [0.29, 0.717) is 17.9 Å². The van der Waals surface area contributed by atoms with Crippen LogP contribution in [0.5, 0.6) is 0 Å². The first-order valence-electron chi connectivity index (χ1n) is 8.81. The van der Waals surface area contributed by atoms with E-state index in [0.717, 1.165) is 13.0 Å². The second-order valence-corrected chi connectivity index (χ2v) is 7.10. The zero-order valence-corrected chi connectivity index (χ0v) is 14.0. The number of nitrogens with one attached hydrogen (secondary N) is 1. The van der Waals surface area contributed by atoms with Crippen LogP contribution >= 0.6 is 0 Å². The van der Waals surface area contributed by atoms with Crippen LogP contribution in [0, 0.1) is 5.92 Å². The lowest BCUT2D eigenvalue weighted by atomic mass is 9.76. The molecule has 2 aliphatic heterocycles. The van der Waals surface area contributed by atoms with E-state index in [9.17, 15) is 0 Å². The summed E-state index contributed by atoms with van der Waals surface area (Å²) in [7, 11) is 0. The maximum Gasteiger partial charge on any atom is 0.0895 e. The van der Waals surface area contributed by atoms with Crippen molar-refractivity contribution in [1.82, 2.24) is 0 Å². The molecule has 0 radical (unpaired) electrons. The lowest BCUT2D eigenvalue weighted by Gasteiger charge is -2.44. The molecule has 2 nitrogen and oxygen atoms in total. The number of fused-ring (bicyclic) bond motifs is 3. The fourth-order valence-corrected chi connectivity index (χ4v) is 4.19. The van der Waals surface area contributed by atoms with Crippen LogP contribution in [-0.4, -0.2) is 6.61 Å². The number of ether oxygens (including phenoxy) is 1. The Kier molecular flexibility index (Phi) is 3.86. The van der Waals surface area contributed by atoms with Gasteiger partial charge in [-0.25, -0.2) is 0 Å². The Hall–Kier alpha value is -1.80. The average Bonchev–Trinajstić information content (AvgIpc) is 2.61. The third-order valence-corrected chi connectivity index (χ3v) is 5.31. The first-order chi connectivity index (χ1) is 11.3. The van der Waals surface area contributed by atoms with Gasteiger partial charge in [-0.2, -0.15) is 0 Å². The van der Waals surface area contributed by atoms with Gasteiger partial charge in [0.2, 0.25) is 0 Å². The van der Waals surface area contributed by atoms with Gasteiger partial charge in [-0.1, -0.05) is 62.4 Å². The highest BCUT2D eigenvalue weighted by atomic mass is 16.5. The highest BCUT2D eigenvalue weighted by Gasteiger charge is 2.40. The van der Waals surface area contributed by atoms with Crippen LogP contribution in [0.25, 0.3) is 0 Å². The van der Waals surface area contributed by atoms with Crippen molar-refractivity contribution in [3.63, 3.8) is 0 Å². The van der Waals surface area contributed by atoms with E-state index in [1.165, 1.54) is 28.8 Å². The lowest BCUT2D eigenvalue weighted by Crippen LogP contribution is -2.36. The summed E-state index contributed by atoms with van der Waals surface area (Å²) in [6.07, 6.45) is 2.61. The van der Waals surface area contributed by atoms with Gasteiger partial charge in [0, 0.05) is 23.8 Å². The van der Waals surface area contributed by atoms with E-state index in [1.807, 2.05) is 0 Å². The van der Waals surface area contributed by atoms with Gasteiger partial charge >= 0.3 is 0 Å². The normalized spacial score (nSPS) is 26.3. The van der Waals surface area contributed by atoms with Crippen LogP contribution in [-0.2, 0) is 4.74 Å². The molecule has 2 heterocycles. The Bertz CT molecular complexity index is 679. The van der Waals surface area contributed by atoms with Crippen molar-refractivity contribution in [3.05, 3.63) is 65.2 Å². The molecule has 1 saturated heterocycles. The molecule has 2 aliphatic rings. The lowest BCUT2D eigenvalue weighted by molar-refractivity contribution is -0.0382. The summed E-state index contributed by atoms with van der Waals surface area (Å²) in [5.74, 6) is 1.02.